The van der Waals surface area contributed by atoms with Gasteiger partial charge in [0.1, 0.15) is 0 Å². The Morgan fingerprint density at radius 2 is 1.65 bits per heavy atom. The minimum absolute atomic E-state index is 0.00569. The van der Waals surface area contributed by atoms with E-state index in [1.54, 1.807) is 0 Å². The SMILES string of the molecule is CC(C)(C)c1cccc(C2(C(C)(C)O)CC2)c1. The molecule has 2 rings (SSSR count). The third-order valence-corrected chi connectivity index (χ3v) is 4.20. The Hall–Kier alpha value is -0.820. The molecule has 1 saturated carbocycles. The van der Waals surface area contributed by atoms with Gasteiger partial charge in [-0.1, -0.05) is 45.0 Å². The van der Waals surface area contributed by atoms with Crippen molar-refractivity contribution in [1.29, 1.82) is 0 Å². The summed E-state index contributed by atoms with van der Waals surface area (Å²) in [7, 11) is 0. The third kappa shape index (κ3) is 2.13. The summed E-state index contributed by atoms with van der Waals surface area (Å²) < 4.78 is 0. The van der Waals surface area contributed by atoms with Crippen molar-refractivity contribution in [1.82, 2.24) is 0 Å². The van der Waals surface area contributed by atoms with Crippen LogP contribution in [0.25, 0.3) is 0 Å². The highest BCUT2D eigenvalue weighted by molar-refractivity contribution is 5.39. The Morgan fingerprint density at radius 3 is 2.06 bits per heavy atom. The molecule has 0 amide bonds. The van der Waals surface area contributed by atoms with Crippen LogP contribution in [0.1, 0.15) is 58.6 Å². The van der Waals surface area contributed by atoms with Gasteiger partial charge in [-0.3, -0.25) is 0 Å². The monoisotopic (exact) mass is 232 g/mol. The van der Waals surface area contributed by atoms with Gasteiger partial charge in [-0.2, -0.15) is 0 Å². The topological polar surface area (TPSA) is 20.2 Å². The van der Waals surface area contributed by atoms with Crippen molar-refractivity contribution >= 4 is 0 Å². The molecule has 0 radical (unpaired) electrons. The Balaban J connectivity index is 2.42. The van der Waals surface area contributed by atoms with E-state index in [0.717, 1.165) is 12.8 Å². The lowest BCUT2D eigenvalue weighted by molar-refractivity contribution is 0.0380. The van der Waals surface area contributed by atoms with E-state index in [-0.39, 0.29) is 10.8 Å². The van der Waals surface area contributed by atoms with Gasteiger partial charge in [0, 0.05) is 5.41 Å². The molecule has 0 atom stereocenters. The van der Waals surface area contributed by atoms with Gasteiger partial charge >= 0.3 is 0 Å². The molecule has 1 heteroatoms. The lowest BCUT2D eigenvalue weighted by Gasteiger charge is -2.31. The van der Waals surface area contributed by atoms with Crippen LogP contribution < -0.4 is 0 Å². The normalized spacial score (nSPS) is 19.2. The Labute approximate surface area is 105 Å². The molecular formula is C16H24O. The van der Waals surface area contributed by atoms with Gasteiger partial charge in [-0.15, -0.1) is 0 Å². The van der Waals surface area contributed by atoms with Crippen LogP contribution in [-0.4, -0.2) is 10.7 Å². The first-order valence-electron chi connectivity index (χ1n) is 6.50. The lowest BCUT2D eigenvalue weighted by atomic mass is 9.78. The molecular weight excluding hydrogens is 208 g/mol. The third-order valence-electron chi connectivity index (χ3n) is 4.20. The Kier molecular flexibility index (Phi) is 2.66. The standard InChI is InChI=1S/C16H24O/c1-14(2,3)12-7-6-8-13(11-12)16(9-10-16)15(4,5)17/h6-8,11,17H,9-10H2,1-5H3. The molecule has 1 nitrogen and oxygen atoms in total. The van der Waals surface area contributed by atoms with Gasteiger partial charge in [0.15, 0.2) is 0 Å². The molecule has 0 aliphatic heterocycles. The minimum atomic E-state index is -0.622. The zero-order valence-electron chi connectivity index (χ0n) is 11.7. The summed E-state index contributed by atoms with van der Waals surface area (Å²) >= 11 is 0. The molecule has 1 fully saturated rings. The quantitative estimate of drug-likeness (QED) is 0.822. The first kappa shape index (κ1) is 12.6. The molecule has 1 aromatic carbocycles. The lowest BCUT2D eigenvalue weighted by Crippen LogP contribution is -2.36. The summed E-state index contributed by atoms with van der Waals surface area (Å²) in [6.07, 6.45) is 2.20. The van der Waals surface area contributed by atoms with E-state index < -0.39 is 5.60 Å². The number of aliphatic hydroxyl groups is 1. The second-order valence-electron chi connectivity index (χ2n) is 6.97. The zero-order valence-corrected chi connectivity index (χ0v) is 11.7. The molecule has 17 heavy (non-hydrogen) atoms. The van der Waals surface area contributed by atoms with Crippen LogP contribution in [0.5, 0.6) is 0 Å². The van der Waals surface area contributed by atoms with Crippen LogP contribution >= 0.6 is 0 Å². The second kappa shape index (κ2) is 3.58. The van der Waals surface area contributed by atoms with Crippen molar-refractivity contribution in [2.45, 2.75) is 63.9 Å². The Bertz CT molecular complexity index is 414. The number of benzene rings is 1. The van der Waals surface area contributed by atoms with Crippen LogP contribution in [-0.2, 0) is 10.8 Å². The van der Waals surface area contributed by atoms with Crippen LogP contribution in [0.3, 0.4) is 0 Å². The molecule has 0 aromatic heterocycles. The summed E-state index contributed by atoms with van der Waals surface area (Å²) in [6, 6.07) is 8.76. The highest BCUT2D eigenvalue weighted by Gasteiger charge is 2.54. The van der Waals surface area contributed by atoms with E-state index in [9.17, 15) is 5.11 Å². The molecule has 0 heterocycles. The molecule has 1 aromatic rings. The zero-order chi connectivity index (χ0) is 12.9. The van der Waals surface area contributed by atoms with Crippen LogP contribution in [0.15, 0.2) is 24.3 Å². The predicted octanol–water partition coefficient (Wildman–Crippen LogP) is 3.79. The predicted molar refractivity (Wildman–Crippen MR) is 72.4 cm³/mol. The molecule has 0 bridgehead atoms. The molecule has 1 N–H and O–H groups in total. The maximum absolute atomic E-state index is 10.4. The van der Waals surface area contributed by atoms with Crippen LogP contribution in [0.4, 0.5) is 0 Å². The molecule has 1 aliphatic carbocycles. The fourth-order valence-electron chi connectivity index (χ4n) is 2.66. The van der Waals surface area contributed by atoms with Gasteiger partial charge in [-0.05, 0) is 43.2 Å². The molecule has 0 spiro atoms. The van der Waals surface area contributed by atoms with Crippen molar-refractivity contribution in [2.75, 3.05) is 0 Å². The smallest absolute Gasteiger partial charge is 0.0687 e. The fourth-order valence-corrected chi connectivity index (χ4v) is 2.66. The second-order valence-corrected chi connectivity index (χ2v) is 6.97. The van der Waals surface area contributed by atoms with Crippen molar-refractivity contribution in [3.05, 3.63) is 35.4 Å². The maximum Gasteiger partial charge on any atom is 0.0687 e. The molecule has 94 valence electrons. The summed E-state index contributed by atoms with van der Waals surface area (Å²) in [4.78, 5) is 0. The fraction of sp³-hybridized carbons (Fsp3) is 0.625. The van der Waals surface area contributed by atoms with Crippen LogP contribution in [0, 0.1) is 0 Å². The van der Waals surface area contributed by atoms with E-state index in [1.807, 2.05) is 13.8 Å². The Morgan fingerprint density at radius 1 is 1.06 bits per heavy atom. The summed E-state index contributed by atoms with van der Waals surface area (Å²) in [5, 5.41) is 10.4. The van der Waals surface area contributed by atoms with Gasteiger partial charge in [0.2, 0.25) is 0 Å². The number of hydrogen-bond donors (Lipinski definition) is 1. The van der Waals surface area contributed by atoms with Crippen molar-refractivity contribution in [3.63, 3.8) is 0 Å². The summed E-state index contributed by atoms with van der Waals surface area (Å²) in [5.41, 5.74) is 2.20. The highest BCUT2D eigenvalue weighted by Crippen LogP contribution is 2.55. The first-order valence-corrected chi connectivity index (χ1v) is 6.50. The van der Waals surface area contributed by atoms with Crippen molar-refractivity contribution in [2.24, 2.45) is 0 Å². The minimum Gasteiger partial charge on any atom is -0.390 e. The van der Waals surface area contributed by atoms with Gasteiger partial charge in [0.25, 0.3) is 0 Å². The molecule has 0 unspecified atom stereocenters. The van der Waals surface area contributed by atoms with E-state index in [0.29, 0.717) is 0 Å². The van der Waals surface area contributed by atoms with E-state index in [2.05, 4.69) is 45.0 Å². The highest BCUT2D eigenvalue weighted by atomic mass is 16.3. The number of rotatable bonds is 2. The molecule has 1 aliphatic rings. The van der Waals surface area contributed by atoms with Crippen LogP contribution in [0.2, 0.25) is 0 Å². The van der Waals surface area contributed by atoms with E-state index in [4.69, 9.17) is 0 Å². The van der Waals surface area contributed by atoms with E-state index >= 15 is 0 Å². The van der Waals surface area contributed by atoms with Gasteiger partial charge in [0.05, 0.1) is 5.60 Å². The number of hydrogen-bond acceptors (Lipinski definition) is 1. The van der Waals surface area contributed by atoms with Gasteiger partial charge < -0.3 is 5.11 Å². The van der Waals surface area contributed by atoms with Crippen molar-refractivity contribution in [3.8, 4) is 0 Å². The summed E-state index contributed by atoms with van der Waals surface area (Å²) in [5.74, 6) is 0. The van der Waals surface area contributed by atoms with Crippen molar-refractivity contribution < 1.29 is 5.11 Å². The van der Waals surface area contributed by atoms with E-state index in [1.165, 1.54) is 11.1 Å². The average molecular weight is 232 g/mol. The largest absolute Gasteiger partial charge is 0.390 e. The first-order chi connectivity index (χ1) is 7.67. The van der Waals surface area contributed by atoms with Gasteiger partial charge in [-0.25, -0.2) is 0 Å². The summed E-state index contributed by atoms with van der Waals surface area (Å²) in [6.45, 7) is 10.6. The average Bonchev–Trinajstić information content (AvgIpc) is 2.96. The maximum atomic E-state index is 10.4. The molecule has 0 saturated heterocycles.